The van der Waals surface area contributed by atoms with E-state index in [-0.39, 0.29) is 0 Å². The van der Waals surface area contributed by atoms with Gasteiger partial charge in [0.1, 0.15) is 0 Å². The van der Waals surface area contributed by atoms with Crippen molar-refractivity contribution in [3.63, 3.8) is 0 Å². The van der Waals surface area contributed by atoms with E-state index in [1.54, 1.807) is 11.3 Å². The molecule has 104 valence electrons. The lowest BCUT2D eigenvalue weighted by Crippen LogP contribution is -2.49. The summed E-state index contributed by atoms with van der Waals surface area (Å²) in [6.45, 7) is 0. The minimum atomic E-state index is 0.535. The van der Waals surface area contributed by atoms with Gasteiger partial charge in [0.15, 0.2) is 0 Å². The van der Waals surface area contributed by atoms with Gasteiger partial charge in [-0.3, -0.25) is 0 Å². The predicted octanol–water partition coefficient (Wildman–Crippen LogP) is 4.73. The normalized spacial score (nSPS) is 41.7. The van der Waals surface area contributed by atoms with E-state index in [4.69, 9.17) is 11.6 Å². The Morgan fingerprint density at radius 3 is 2.21 bits per heavy atom. The second-order valence-electron chi connectivity index (χ2n) is 6.92. The number of nitrogens with one attached hydrogen (secondary N) is 1. The molecule has 1 heterocycles. The van der Waals surface area contributed by atoms with Crippen LogP contribution in [-0.4, -0.2) is 7.05 Å². The first-order chi connectivity index (χ1) is 9.24. The van der Waals surface area contributed by atoms with Gasteiger partial charge in [-0.2, -0.15) is 0 Å². The van der Waals surface area contributed by atoms with Gasteiger partial charge in [0.2, 0.25) is 0 Å². The highest BCUT2D eigenvalue weighted by atomic mass is 35.5. The minimum absolute atomic E-state index is 0.535. The van der Waals surface area contributed by atoms with Gasteiger partial charge in [0, 0.05) is 10.9 Å². The Hall–Kier alpha value is -0.0500. The summed E-state index contributed by atoms with van der Waals surface area (Å²) in [4.78, 5) is 1.45. The molecule has 3 heteroatoms. The van der Waals surface area contributed by atoms with Crippen LogP contribution in [0.25, 0.3) is 0 Å². The Morgan fingerprint density at radius 1 is 1.11 bits per heavy atom. The van der Waals surface area contributed by atoms with Gasteiger partial charge in [-0.1, -0.05) is 11.6 Å². The highest BCUT2D eigenvalue weighted by Gasteiger charge is 2.50. The number of hydrogen-bond acceptors (Lipinski definition) is 2. The zero-order chi connectivity index (χ0) is 13.0. The molecule has 5 rings (SSSR count). The maximum absolute atomic E-state index is 6.14. The van der Waals surface area contributed by atoms with Gasteiger partial charge in [-0.25, -0.2) is 0 Å². The van der Waals surface area contributed by atoms with Gasteiger partial charge in [-0.05, 0) is 80.9 Å². The predicted molar refractivity (Wildman–Crippen MR) is 81.7 cm³/mol. The molecule has 1 aromatic rings. The number of halogens is 1. The zero-order valence-corrected chi connectivity index (χ0v) is 13.0. The second-order valence-corrected chi connectivity index (χ2v) is 8.66. The van der Waals surface area contributed by atoms with Crippen molar-refractivity contribution in [3.8, 4) is 0 Å². The van der Waals surface area contributed by atoms with Crippen LogP contribution in [0.2, 0.25) is 4.34 Å². The van der Waals surface area contributed by atoms with Crippen molar-refractivity contribution in [3.05, 3.63) is 21.3 Å². The number of thiophene rings is 1. The topological polar surface area (TPSA) is 12.0 Å². The van der Waals surface area contributed by atoms with Crippen molar-refractivity contribution < 1.29 is 0 Å². The van der Waals surface area contributed by atoms with E-state index >= 15 is 0 Å². The summed E-state index contributed by atoms with van der Waals surface area (Å²) in [6.07, 6.45) is 7.52. The first-order valence-corrected chi connectivity index (χ1v) is 8.86. The average Bonchev–Trinajstić information content (AvgIpc) is 2.79. The molecular weight excluding hydrogens is 274 g/mol. The van der Waals surface area contributed by atoms with Gasteiger partial charge in [0.25, 0.3) is 0 Å². The highest BCUT2D eigenvalue weighted by molar-refractivity contribution is 7.16. The number of rotatable bonds is 3. The van der Waals surface area contributed by atoms with Crippen LogP contribution >= 0.6 is 22.9 Å². The zero-order valence-electron chi connectivity index (χ0n) is 11.4. The van der Waals surface area contributed by atoms with Gasteiger partial charge in [-0.15, -0.1) is 11.3 Å². The Balaban J connectivity index is 1.63. The molecule has 1 aromatic heterocycles. The fraction of sp³-hybridized carbons (Fsp3) is 0.750. The molecule has 0 aromatic carbocycles. The summed E-state index contributed by atoms with van der Waals surface area (Å²) in [7, 11) is 2.13. The third-order valence-electron chi connectivity index (χ3n) is 5.90. The van der Waals surface area contributed by atoms with Crippen molar-refractivity contribution in [2.24, 2.45) is 29.6 Å². The van der Waals surface area contributed by atoms with Crippen LogP contribution < -0.4 is 5.32 Å². The third kappa shape index (κ3) is 2.07. The van der Waals surface area contributed by atoms with E-state index < -0.39 is 0 Å². The summed E-state index contributed by atoms with van der Waals surface area (Å²) in [6, 6.07) is 4.83. The molecule has 4 bridgehead atoms. The van der Waals surface area contributed by atoms with Crippen LogP contribution in [0.1, 0.15) is 43.0 Å². The molecular formula is C16H22ClNS. The summed E-state index contributed by atoms with van der Waals surface area (Å²) >= 11 is 7.91. The van der Waals surface area contributed by atoms with Gasteiger partial charge < -0.3 is 5.32 Å². The smallest absolute Gasteiger partial charge is 0.0931 e. The van der Waals surface area contributed by atoms with Crippen LogP contribution in [0.3, 0.4) is 0 Å². The lowest BCUT2D eigenvalue weighted by atomic mass is 9.50. The molecule has 4 fully saturated rings. The molecule has 0 radical (unpaired) electrons. The molecule has 1 nitrogen and oxygen atoms in total. The quantitative estimate of drug-likeness (QED) is 0.850. The first-order valence-electron chi connectivity index (χ1n) is 7.67. The SMILES string of the molecule is CNC(c1ccc(Cl)s1)C1C2CC3CC(C2)CC1C3. The summed E-state index contributed by atoms with van der Waals surface area (Å²) in [5.74, 6) is 4.91. The largest absolute Gasteiger partial charge is 0.312 e. The molecule has 1 unspecified atom stereocenters. The second kappa shape index (κ2) is 4.75. The van der Waals surface area contributed by atoms with E-state index in [1.807, 2.05) is 0 Å². The molecule has 0 saturated heterocycles. The van der Waals surface area contributed by atoms with Crippen molar-refractivity contribution in [1.82, 2.24) is 5.32 Å². The lowest BCUT2D eigenvalue weighted by molar-refractivity contribution is -0.0510. The maximum atomic E-state index is 6.14. The molecule has 19 heavy (non-hydrogen) atoms. The standard InChI is InChI=1S/C16H22ClNS/c1-18-16(13-2-3-14(17)19-13)15-11-5-9-4-10(7-11)8-12(15)6-9/h2-3,9-12,15-16,18H,4-8H2,1H3. The van der Waals surface area contributed by atoms with Crippen LogP contribution in [0.5, 0.6) is 0 Å². The Morgan fingerprint density at radius 2 is 1.74 bits per heavy atom. The van der Waals surface area contributed by atoms with Crippen molar-refractivity contribution in [2.45, 2.75) is 38.1 Å². The Labute approximate surface area is 124 Å². The van der Waals surface area contributed by atoms with Gasteiger partial charge >= 0.3 is 0 Å². The van der Waals surface area contributed by atoms with E-state index in [0.717, 1.165) is 33.9 Å². The molecule has 4 saturated carbocycles. The van der Waals surface area contributed by atoms with E-state index in [1.165, 1.54) is 37.0 Å². The molecule has 4 aliphatic rings. The minimum Gasteiger partial charge on any atom is -0.312 e. The summed E-state index contributed by atoms with van der Waals surface area (Å²) < 4.78 is 0.930. The van der Waals surface area contributed by atoms with Crippen LogP contribution in [-0.2, 0) is 0 Å². The molecule has 0 aliphatic heterocycles. The van der Waals surface area contributed by atoms with Crippen LogP contribution in [0.15, 0.2) is 12.1 Å². The molecule has 4 aliphatic carbocycles. The molecule has 0 spiro atoms. The third-order valence-corrected chi connectivity index (χ3v) is 7.21. The number of hydrogen-bond donors (Lipinski definition) is 1. The van der Waals surface area contributed by atoms with Crippen LogP contribution in [0.4, 0.5) is 0 Å². The summed E-state index contributed by atoms with van der Waals surface area (Å²) in [5.41, 5.74) is 0. The molecule has 1 atom stereocenters. The summed E-state index contributed by atoms with van der Waals surface area (Å²) in [5, 5.41) is 3.61. The Bertz CT molecular complexity index is 441. The highest BCUT2D eigenvalue weighted by Crippen LogP contribution is 2.59. The van der Waals surface area contributed by atoms with Crippen LogP contribution in [0, 0.1) is 29.6 Å². The average molecular weight is 296 g/mol. The van der Waals surface area contributed by atoms with Crippen molar-refractivity contribution >= 4 is 22.9 Å². The van der Waals surface area contributed by atoms with Gasteiger partial charge in [0.05, 0.1) is 4.34 Å². The maximum Gasteiger partial charge on any atom is 0.0931 e. The van der Waals surface area contributed by atoms with E-state index in [9.17, 15) is 0 Å². The van der Waals surface area contributed by atoms with E-state index in [0.29, 0.717) is 6.04 Å². The first kappa shape index (κ1) is 12.7. The van der Waals surface area contributed by atoms with Crippen molar-refractivity contribution in [1.29, 1.82) is 0 Å². The molecule has 0 amide bonds. The fourth-order valence-electron chi connectivity index (χ4n) is 5.53. The Kier molecular flexibility index (Phi) is 3.17. The van der Waals surface area contributed by atoms with Crippen molar-refractivity contribution in [2.75, 3.05) is 7.05 Å². The van der Waals surface area contributed by atoms with E-state index in [2.05, 4.69) is 24.5 Å². The molecule has 1 N–H and O–H groups in total. The lowest BCUT2D eigenvalue weighted by Gasteiger charge is -2.56. The monoisotopic (exact) mass is 295 g/mol. The fourth-order valence-corrected chi connectivity index (χ4v) is 6.76.